The first-order valence-corrected chi connectivity index (χ1v) is 8.84. The highest BCUT2D eigenvalue weighted by Crippen LogP contribution is 2.39. The van der Waals surface area contributed by atoms with Crippen molar-refractivity contribution >= 4 is 5.91 Å². The first kappa shape index (κ1) is 18.0. The molecule has 0 bridgehead atoms. The zero-order chi connectivity index (χ0) is 19.2. The van der Waals surface area contributed by atoms with E-state index in [0.717, 1.165) is 11.6 Å². The third-order valence-electron chi connectivity index (χ3n) is 5.34. The molecule has 1 saturated heterocycles. The van der Waals surface area contributed by atoms with Crippen LogP contribution in [-0.4, -0.2) is 41.0 Å². The molecule has 7 heteroatoms. The van der Waals surface area contributed by atoms with Crippen LogP contribution in [0.3, 0.4) is 0 Å². The summed E-state index contributed by atoms with van der Waals surface area (Å²) in [6, 6.07) is 13.8. The molecule has 0 radical (unpaired) electrons. The SMILES string of the molecule is N[C@]12Cc3cccc(C(F)(F)F)c3C(=O)N1CCN(Cc1ccccc1)C2. The normalized spacial score (nSPS) is 23.1. The minimum absolute atomic E-state index is 0.212. The summed E-state index contributed by atoms with van der Waals surface area (Å²) in [6.07, 6.45) is -4.35. The second-order valence-electron chi connectivity index (χ2n) is 7.27. The molecule has 4 nitrogen and oxygen atoms in total. The van der Waals surface area contributed by atoms with Crippen molar-refractivity contribution in [1.82, 2.24) is 9.80 Å². The molecule has 142 valence electrons. The quantitative estimate of drug-likeness (QED) is 0.878. The largest absolute Gasteiger partial charge is 0.417 e. The number of nitrogens with two attached hydrogens (primary N) is 1. The molecule has 1 atom stereocenters. The molecular weight excluding hydrogens is 355 g/mol. The average molecular weight is 375 g/mol. The Kier molecular flexibility index (Phi) is 4.24. The van der Waals surface area contributed by atoms with Gasteiger partial charge in [0.05, 0.1) is 11.1 Å². The molecule has 0 saturated carbocycles. The Bertz CT molecular complexity index is 869. The number of piperazine rings is 1. The number of hydrogen-bond acceptors (Lipinski definition) is 3. The number of carbonyl (C=O) groups excluding carboxylic acids is 1. The molecule has 2 aliphatic rings. The van der Waals surface area contributed by atoms with E-state index in [4.69, 9.17) is 5.73 Å². The summed E-state index contributed by atoms with van der Waals surface area (Å²) in [5.41, 5.74) is 5.94. The van der Waals surface area contributed by atoms with Crippen LogP contribution in [0.25, 0.3) is 0 Å². The predicted octanol–water partition coefficient (Wildman–Crippen LogP) is 2.87. The molecule has 2 aliphatic heterocycles. The lowest BCUT2D eigenvalue weighted by atomic mass is 9.84. The smallest absolute Gasteiger partial charge is 0.318 e. The number of fused-ring (bicyclic) bond motifs is 2. The summed E-state index contributed by atoms with van der Waals surface area (Å²) >= 11 is 0. The minimum Gasteiger partial charge on any atom is -0.318 e. The maximum atomic E-state index is 13.4. The number of alkyl halides is 3. The summed E-state index contributed by atoms with van der Waals surface area (Å²) < 4.78 is 40.1. The van der Waals surface area contributed by atoms with Gasteiger partial charge in [0.25, 0.3) is 5.91 Å². The lowest BCUT2D eigenvalue weighted by Crippen LogP contribution is -2.71. The fraction of sp³-hybridized carbons (Fsp3) is 0.350. The van der Waals surface area contributed by atoms with E-state index < -0.39 is 23.3 Å². The van der Waals surface area contributed by atoms with E-state index in [0.29, 0.717) is 31.7 Å². The van der Waals surface area contributed by atoms with Crippen molar-refractivity contribution in [1.29, 1.82) is 0 Å². The molecule has 27 heavy (non-hydrogen) atoms. The molecule has 0 aromatic heterocycles. The van der Waals surface area contributed by atoms with Crippen LogP contribution in [0, 0.1) is 0 Å². The lowest BCUT2D eigenvalue weighted by Gasteiger charge is -2.51. The number of benzene rings is 2. The van der Waals surface area contributed by atoms with Crippen molar-refractivity contribution in [2.24, 2.45) is 5.73 Å². The van der Waals surface area contributed by atoms with E-state index in [1.807, 2.05) is 30.3 Å². The lowest BCUT2D eigenvalue weighted by molar-refractivity contribution is -0.138. The third kappa shape index (κ3) is 3.21. The van der Waals surface area contributed by atoms with E-state index in [2.05, 4.69) is 4.90 Å². The maximum absolute atomic E-state index is 13.4. The van der Waals surface area contributed by atoms with E-state index in [9.17, 15) is 18.0 Å². The van der Waals surface area contributed by atoms with Gasteiger partial charge >= 0.3 is 6.18 Å². The summed E-state index contributed by atoms with van der Waals surface area (Å²) in [6.45, 7) is 2.00. The summed E-state index contributed by atoms with van der Waals surface area (Å²) in [5, 5.41) is 0. The van der Waals surface area contributed by atoms with E-state index in [1.165, 1.54) is 11.0 Å². The standard InChI is InChI=1S/C20H20F3N3O/c21-20(22,23)16-8-4-7-15-11-19(24)13-25(12-14-5-2-1-3-6-14)9-10-26(19)18(27)17(15)16/h1-8H,9-13,24H2/t19-/m1/s1. The van der Waals surface area contributed by atoms with Crippen LogP contribution in [-0.2, 0) is 19.1 Å². The molecule has 1 amide bonds. The Hall–Kier alpha value is -2.38. The van der Waals surface area contributed by atoms with E-state index in [-0.39, 0.29) is 12.0 Å². The monoisotopic (exact) mass is 375 g/mol. The Labute approximate surface area is 155 Å². The van der Waals surface area contributed by atoms with Gasteiger partial charge in [-0.1, -0.05) is 42.5 Å². The van der Waals surface area contributed by atoms with Crippen molar-refractivity contribution < 1.29 is 18.0 Å². The van der Waals surface area contributed by atoms with Gasteiger partial charge in [0.2, 0.25) is 0 Å². The second kappa shape index (κ2) is 6.35. The van der Waals surface area contributed by atoms with Crippen LogP contribution in [0.2, 0.25) is 0 Å². The predicted molar refractivity (Wildman–Crippen MR) is 94.8 cm³/mol. The average Bonchev–Trinajstić information content (AvgIpc) is 2.60. The molecule has 2 N–H and O–H groups in total. The van der Waals surface area contributed by atoms with Gasteiger partial charge in [-0.25, -0.2) is 0 Å². The van der Waals surface area contributed by atoms with E-state index in [1.54, 1.807) is 6.07 Å². The van der Waals surface area contributed by atoms with Gasteiger partial charge < -0.3 is 10.6 Å². The van der Waals surface area contributed by atoms with Crippen LogP contribution < -0.4 is 5.73 Å². The van der Waals surface area contributed by atoms with Crippen LogP contribution in [0.1, 0.15) is 27.0 Å². The summed E-state index contributed by atoms with van der Waals surface area (Å²) in [5.74, 6) is -0.619. The van der Waals surface area contributed by atoms with Crippen LogP contribution in [0.5, 0.6) is 0 Å². The highest BCUT2D eigenvalue weighted by molar-refractivity contribution is 5.99. The number of halogens is 3. The first-order valence-electron chi connectivity index (χ1n) is 8.84. The van der Waals surface area contributed by atoms with Crippen molar-refractivity contribution in [3.63, 3.8) is 0 Å². The van der Waals surface area contributed by atoms with E-state index >= 15 is 0 Å². The molecule has 2 aromatic rings. The van der Waals surface area contributed by atoms with Gasteiger partial charge in [-0.2, -0.15) is 13.2 Å². The zero-order valence-electron chi connectivity index (χ0n) is 14.7. The van der Waals surface area contributed by atoms with Gasteiger partial charge in [-0.15, -0.1) is 0 Å². The molecule has 2 aromatic carbocycles. The number of nitrogens with zero attached hydrogens (tertiary/aromatic N) is 2. The highest BCUT2D eigenvalue weighted by atomic mass is 19.4. The number of carbonyl (C=O) groups is 1. The topological polar surface area (TPSA) is 49.6 Å². The first-order chi connectivity index (χ1) is 12.8. The second-order valence-corrected chi connectivity index (χ2v) is 7.27. The van der Waals surface area contributed by atoms with Gasteiger partial charge in [-0.05, 0) is 17.2 Å². The number of rotatable bonds is 2. The van der Waals surface area contributed by atoms with Crippen molar-refractivity contribution in [2.45, 2.75) is 24.8 Å². The van der Waals surface area contributed by atoms with Gasteiger partial charge in [0, 0.05) is 32.6 Å². The van der Waals surface area contributed by atoms with Crippen LogP contribution >= 0.6 is 0 Å². The van der Waals surface area contributed by atoms with Crippen molar-refractivity contribution in [3.8, 4) is 0 Å². The summed E-state index contributed by atoms with van der Waals surface area (Å²) in [4.78, 5) is 16.5. The number of hydrogen-bond donors (Lipinski definition) is 1. The Morgan fingerprint density at radius 1 is 1.04 bits per heavy atom. The number of amides is 1. The zero-order valence-corrected chi connectivity index (χ0v) is 14.7. The van der Waals surface area contributed by atoms with Crippen LogP contribution in [0.4, 0.5) is 13.2 Å². The maximum Gasteiger partial charge on any atom is 0.417 e. The molecular formula is C20H20F3N3O. The Balaban J connectivity index is 1.64. The fourth-order valence-corrected chi connectivity index (χ4v) is 4.15. The Morgan fingerprint density at radius 2 is 1.78 bits per heavy atom. The highest BCUT2D eigenvalue weighted by Gasteiger charge is 2.48. The summed E-state index contributed by atoms with van der Waals surface area (Å²) in [7, 11) is 0. The third-order valence-corrected chi connectivity index (χ3v) is 5.34. The van der Waals surface area contributed by atoms with Gasteiger partial charge in [0.1, 0.15) is 5.66 Å². The molecule has 1 fully saturated rings. The molecule has 0 spiro atoms. The molecule has 0 aliphatic carbocycles. The van der Waals surface area contributed by atoms with Gasteiger partial charge in [0.15, 0.2) is 0 Å². The Morgan fingerprint density at radius 3 is 2.48 bits per heavy atom. The van der Waals surface area contributed by atoms with Crippen molar-refractivity contribution in [2.75, 3.05) is 19.6 Å². The molecule has 2 heterocycles. The fourth-order valence-electron chi connectivity index (χ4n) is 4.15. The molecule has 0 unspecified atom stereocenters. The van der Waals surface area contributed by atoms with Crippen LogP contribution in [0.15, 0.2) is 48.5 Å². The van der Waals surface area contributed by atoms with Gasteiger partial charge in [-0.3, -0.25) is 9.69 Å². The molecule has 4 rings (SSSR count). The minimum atomic E-state index is -4.56. The van der Waals surface area contributed by atoms with Crippen molar-refractivity contribution in [3.05, 3.63) is 70.8 Å².